The Morgan fingerprint density at radius 2 is 2.09 bits per heavy atom. The molecular weight excluding hydrogens is 401 g/mol. The summed E-state index contributed by atoms with van der Waals surface area (Å²) in [6, 6.07) is 14.6. The fourth-order valence-electron chi connectivity index (χ4n) is 2.93. The molecule has 1 atom stereocenters. The molecule has 124 valence electrons. The number of nitrogens with zero attached hydrogens (tertiary/aromatic N) is 2. The van der Waals surface area contributed by atoms with Crippen LogP contribution in [-0.4, -0.2) is 30.5 Å². The summed E-state index contributed by atoms with van der Waals surface area (Å²) in [6.07, 6.45) is 2.87. The van der Waals surface area contributed by atoms with Gasteiger partial charge in [0.1, 0.15) is 12.3 Å². The maximum absolute atomic E-state index is 5.36. The lowest BCUT2D eigenvalue weighted by Crippen LogP contribution is -2.40. The van der Waals surface area contributed by atoms with Gasteiger partial charge >= 0.3 is 0 Å². The molecule has 1 aromatic carbocycles. The Hall–Kier alpha value is -1.50. The second-order valence-electron chi connectivity index (χ2n) is 5.59. The van der Waals surface area contributed by atoms with E-state index >= 15 is 0 Å². The van der Waals surface area contributed by atoms with Gasteiger partial charge in [-0.3, -0.25) is 0 Å². The van der Waals surface area contributed by atoms with E-state index in [1.165, 1.54) is 12.0 Å². The highest BCUT2D eigenvalue weighted by Gasteiger charge is 2.25. The topological polar surface area (TPSA) is 40.8 Å². The van der Waals surface area contributed by atoms with E-state index in [-0.39, 0.29) is 24.0 Å². The first-order valence-electron chi connectivity index (χ1n) is 7.97. The van der Waals surface area contributed by atoms with Crippen molar-refractivity contribution < 1.29 is 4.42 Å². The van der Waals surface area contributed by atoms with Crippen molar-refractivity contribution >= 4 is 29.9 Å². The summed E-state index contributed by atoms with van der Waals surface area (Å²) in [5, 5.41) is 3.39. The van der Waals surface area contributed by atoms with Crippen LogP contribution in [0.1, 0.15) is 30.6 Å². The molecule has 0 saturated carbocycles. The third kappa shape index (κ3) is 4.73. The van der Waals surface area contributed by atoms with E-state index < -0.39 is 0 Å². The van der Waals surface area contributed by atoms with Gasteiger partial charge in [0.2, 0.25) is 0 Å². The Labute approximate surface area is 155 Å². The minimum Gasteiger partial charge on any atom is -0.467 e. The summed E-state index contributed by atoms with van der Waals surface area (Å²) in [7, 11) is 0. The lowest BCUT2D eigenvalue weighted by atomic mass is 9.99. The number of hydrogen-bond acceptors (Lipinski definition) is 2. The average Bonchev–Trinajstić information content (AvgIpc) is 3.24. The first kappa shape index (κ1) is 17.8. The summed E-state index contributed by atoms with van der Waals surface area (Å²) < 4.78 is 5.36. The van der Waals surface area contributed by atoms with Gasteiger partial charge in [-0.1, -0.05) is 30.3 Å². The van der Waals surface area contributed by atoms with Gasteiger partial charge in [0.05, 0.1) is 6.26 Å². The normalized spacial score (nSPS) is 17.9. The number of rotatable bonds is 4. The Balaban J connectivity index is 0.00000192. The second kappa shape index (κ2) is 8.96. The van der Waals surface area contributed by atoms with Crippen molar-refractivity contribution in [2.75, 3.05) is 19.6 Å². The van der Waals surface area contributed by atoms with Crippen molar-refractivity contribution in [1.29, 1.82) is 0 Å². The van der Waals surface area contributed by atoms with E-state index in [2.05, 4.69) is 47.5 Å². The number of halogens is 1. The summed E-state index contributed by atoms with van der Waals surface area (Å²) >= 11 is 0. The standard InChI is InChI=1S/C18H23N3O.HI/c1-2-19-18(20-13-17-9-6-12-22-17)21-11-10-16(14-21)15-7-4-3-5-8-15;/h3-9,12,16H,2,10-11,13-14H2,1H3,(H,19,20);1H. The molecule has 0 aliphatic carbocycles. The number of benzene rings is 1. The van der Waals surface area contributed by atoms with E-state index in [0.717, 1.165) is 31.4 Å². The molecule has 4 nitrogen and oxygen atoms in total. The number of furan rings is 1. The fraction of sp³-hybridized carbons (Fsp3) is 0.389. The van der Waals surface area contributed by atoms with Crippen molar-refractivity contribution in [3.8, 4) is 0 Å². The van der Waals surface area contributed by atoms with Crippen LogP contribution in [0, 0.1) is 0 Å². The Morgan fingerprint density at radius 1 is 1.26 bits per heavy atom. The van der Waals surface area contributed by atoms with Crippen LogP contribution in [0.4, 0.5) is 0 Å². The van der Waals surface area contributed by atoms with Crippen LogP contribution in [0.2, 0.25) is 0 Å². The third-order valence-corrected chi connectivity index (χ3v) is 4.06. The second-order valence-corrected chi connectivity index (χ2v) is 5.59. The lowest BCUT2D eigenvalue weighted by Gasteiger charge is -2.21. The molecule has 3 rings (SSSR count). The van der Waals surface area contributed by atoms with E-state index in [1.54, 1.807) is 6.26 Å². The first-order valence-corrected chi connectivity index (χ1v) is 7.97. The maximum atomic E-state index is 5.36. The molecule has 2 heterocycles. The molecule has 0 bridgehead atoms. The highest BCUT2D eigenvalue weighted by Crippen LogP contribution is 2.26. The van der Waals surface area contributed by atoms with Gasteiger partial charge in [-0.2, -0.15) is 0 Å². The summed E-state index contributed by atoms with van der Waals surface area (Å²) in [5.74, 6) is 2.47. The molecule has 0 radical (unpaired) electrons. The zero-order chi connectivity index (χ0) is 15.2. The minimum atomic E-state index is 0. The molecule has 0 spiro atoms. The van der Waals surface area contributed by atoms with E-state index in [0.29, 0.717) is 12.5 Å². The molecule has 2 aromatic rings. The Bertz CT molecular complexity index is 598. The monoisotopic (exact) mass is 425 g/mol. The van der Waals surface area contributed by atoms with Crippen LogP contribution in [-0.2, 0) is 6.54 Å². The van der Waals surface area contributed by atoms with Crippen molar-refractivity contribution in [3.63, 3.8) is 0 Å². The smallest absolute Gasteiger partial charge is 0.194 e. The van der Waals surface area contributed by atoms with E-state index in [4.69, 9.17) is 9.41 Å². The Morgan fingerprint density at radius 3 is 2.78 bits per heavy atom. The van der Waals surface area contributed by atoms with Gasteiger partial charge in [0, 0.05) is 25.6 Å². The largest absolute Gasteiger partial charge is 0.467 e. The van der Waals surface area contributed by atoms with E-state index in [9.17, 15) is 0 Å². The number of aliphatic imine (C=N–C) groups is 1. The van der Waals surface area contributed by atoms with Crippen LogP contribution in [0.25, 0.3) is 0 Å². The Kier molecular flexibility index (Phi) is 6.95. The summed E-state index contributed by atoms with van der Waals surface area (Å²) in [4.78, 5) is 7.06. The van der Waals surface area contributed by atoms with Gasteiger partial charge in [0.15, 0.2) is 5.96 Å². The van der Waals surface area contributed by atoms with Gasteiger partial charge in [-0.15, -0.1) is 24.0 Å². The molecule has 5 heteroatoms. The number of nitrogens with one attached hydrogen (secondary N) is 1. The van der Waals surface area contributed by atoms with Gasteiger partial charge in [0.25, 0.3) is 0 Å². The molecule has 23 heavy (non-hydrogen) atoms. The van der Waals surface area contributed by atoms with Gasteiger partial charge < -0.3 is 14.6 Å². The van der Waals surface area contributed by atoms with Crippen LogP contribution in [0.5, 0.6) is 0 Å². The quantitative estimate of drug-likeness (QED) is 0.460. The van der Waals surface area contributed by atoms with Crippen LogP contribution >= 0.6 is 24.0 Å². The fourth-order valence-corrected chi connectivity index (χ4v) is 2.93. The SMILES string of the molecule is CCNC(=NCc1ccco1)N1CCC(c2ccccc2)C1.I. The van der Waals surface area contributed by atoms with Crippen molar-refractivity contribution in [2.24, 2.45) is 4.99 Å². The third-order valence-electron chi connectivity index (χ3n) is 4.06. The van der Waals surface area contributed by atoms with Crippen molar-refractivity contribution in [2.45, 2.75) is 25.8 Å². The number of hydrogen-bond donors (Lipinski definition) is 1. The zero-order valence-corrected chi connectivity index (χ0v) is 15.8. The van der Waals surface area contributed by atoms with Crippen molar-refractivity contribution in [3.05, 3.63) is 60.1 Å². The number of likely N-dealkylation sites (tertiary alicyclic amines) is 1. The predicted octanol–water partition coefficient (Wildman–Crippen LogP) is 3.85. The lowest BCUT2D eigenvalue weighted by molar-refractivity contribution is 0.477. The summed E-state index contributed by atoms with van der Waals surface area (Å²) in [6.45, 7) is 5.63. The van der Waals surface area contributed by atoms with Gasteiger partial charge in [-0.05, 0) is 31.0 Å². The van der Waals surface area contributed by atoms with Crippen LogP contribution in [0.15, 0.2) is 58.1 Å². The predicted molar refractivity (Wildman–Crippen MR) is 104 cm³/mol. The highest BCUT2D eigenvalue weighted by atomic mass is 127. The molecule has 1 aliphatic heterocycles. The van der Waals surface area contributed by atoms with Crippen molar-refractivity contribution in [1.82, 2.24) is 10.2 Å². The molecule has 1 unspecified atom stereocenters. The maximum Gasteiger partial charge on any atom is 0.194 e. The molecule has 1 fully saturated rings. The van der Waals surface area contributed by atoms with Gasteiger partial charge in [-0.25, -0.2) is 4.99 Å². The molecule has 1 saturated heterocycles. The molecule has 0 amide bonds. The van der Waals surface area contributed by atoms with Crippen LogP contribution in [0.3, 0.4) is 0 Å². The highest BCUT2D eigenvalue weighted by molar-refractivity contribution is 14.0. The first-order chi connectivity index (χ1) is 10.9. The van der Waals surface area contributed by atoms with E-state index in [1.807, 2.05) is 12.1 Å². The average molecular weight is 425 g/mol. The zero-order valence-electron chi connectivity index (χ0n) is 13.4. The minimum absolute atomic E-state index is 0. The number of guanidine groups is 1. The molecule has 1 N–H and O–H groups in total. The summed E-state index contributed by atoms with van der Waals surface area (Å²) in [5.41, 5.74) is 1.42. The van der Waals surface area contributed by atoms with Crippen LogP contribution < -0.4 is 5.32 Å². The molecule has 1 aromatic heterocycles. The molecular formula is C18H24IN3O. The molecule has 1 aliphatic rings.